The molecule has 2 N–H and O–H groups in total. The van der Waals surface area contributed by atoms with Gasteiger partial charge in [-0.25, -0.2) is 4.98 Å². The van der Waals surface area contributed by atoms with Crippen molar-refractivity contribution in [3.63, 3.8) is 0 Å². The van der Waals surface area contributed by atoms with Crippen LogP contribution in [-0.4, -0.2) is 20.5 Å². The highest BCUT2D eigenvalue weighted by atomic mass is 79.9. The average molecular weight is 511 g/mol. The number of halogens is 2. The van der Waals surface area contributed by atoms with Crippen molar-refractivity contribution in [3.05, 3.63) is 81.4 Å². The first-order chi connectivity index (χ1) is 15.6. The SMILES string of the molecule is O=C(NCc1cccc(CNc2cc(-c3ccccc3Cl)nc3c(Br)cnn23)c1)C1CC1. The Kier molecular flexibility index (Phi) is 5.85. The molecule has 2 aromatic carbocycles. The summed E-state index contributed by atoms with van der Waals surface area (Å²) in [6.45, 7) is 1.15. The number of rotatable bonds is 7. The van der Waals surface area contributed by atoms with Gasteiger partial charge >= 0.3 is 0 Å². The fraction of sp³-hybridized carbons (Fsp3) is 0.208. The maximum Gasteiger partial charge on any atom is 0.223 e. The lowest BCUT2D eigenvalue weighted by Crippen LogP contribution is -2.24. The van der Waals surface area contributed by atoms with Crippen LogP contribution in [-0.2, 0) is 17.9 Å². The zero-order chi connectivity index (χ0) is 22.1. The molecule has 0 radical (unpaired) electrons. The minimum atomic E-state index is 0.157. The van der Waals surface area contributed by atoms with E-state index in [0.717, 1.165) is 45.5 Å². The van der Waals surface area contributed by atoms with Crippen LogP contribution in [0.2, 0.25) is 5.02 Å². The van der Waals surface area contributed by atoms with E-state index in [0.29, 0.717) is 23.8 Å². The van der Waals surface area contributed by atoms with Crippen molar-refractivity contribution in [2.24, 2.45) is 5.92 Å². The number of hydrogen-bond donors (Lipinski definition) is 2. The van der Waals surface area contributed by atoms with Crippen LogP contribution in [0, 0.1) is 5.92 Å². The summed E-state index contributed by atoms with van der Waals surface area (Å²) in [5.74, 6) is 1.18. The van der Waals surface area contributed by atoms with Gasteiger partial charge in [0.15, 0.2) is 5.65 Å². The van der Waals surface area contributed by atoms with Gasteiger partial charge in [-0.15, -0.1) is 0 Å². The van der Waals surface area contributed by atoms with Gasteiger partial charge in [0.2, 0.25) is 5.91 Å². The van der Waals surface area contributed by atoms with Gasteiger partial charge in [-0.1, -0.05) is 54.1 Å². The normalized spacial score (nSPS) is 13.3. The fourth-order valence-corrected chi connectivity index (χ4v) is 4.17. The number of fused-ring (bicyclic) bond motifs is 1. The molecule has 8 heteroatoms. The number of nitrogens with zero attached hydrogens (tertiary/aromatic N) is 3. The number of benzene rings is 2. The lowest BCUT2D eigenvalue weighted by Gasteiger charge is -2.12. The Morgan fingerprint density at radius 2 is 1.88 bits per heavy atom. The molecule has 162 valence electrons. The Labute approximate surface area is 199 Å². The standard InChI is InChI=1S/C24H21BrClN5O/c25-19-14-29-31-22(11-21(30-23(19)31)18-6-1-2-7-20(18)26)27-12-15-4-3-5-16(10-15)13-28-24(32)17-8-9-17/h1-7,10-11,14,17,27H,8-9,12-13H2,(H,28,32). The third-order valence-electron chi connectivity index (χ3n) is 5.46. The first-order valence-electron chi connectivity index (χ1n) is 10.5. The fourth-order valence-electron chi connectivity index (χ4n) is 3.59. The summed E-state index contributed by atoms with van der Waals surface area (Å²) >= 11 is 9.95. The van der Waals surface area contributed by atoms with E-state index in [1.165, 1.54) is 0 Å². The zero-order valence-electron chi connectivity index (χ0n) is 17.2. The molecular weight excluding hydrogens is 490 g/mol. The molecular formula is C24H21BrClN5O. The van der Waals surface area contributed by atoms with Gasteiger partial charge in [-0.2, -0.15) is 9.61 Å². The van der Waals surface area contributed by atoms with E-state index in [-0.39, 0.29) is 11.8 Å². The number of carbonyl (C=O) groups is 1. The highest BCUT2D eigenvalue weighted by molar-refractivity contribution is 9.10. The van der Waals surface area contributed by atoms with Crippen molar-refractivity contribution in [3.8, 4) is 11.3 Å². The number of hydrogen-bond acceptors (Lipinski definition) is 4. The Bertz CT molecular complexity index is 1300. The van der Waals surface area contributed by atoms with Crippen LogP contribution in [0.15, 0.2) is 65.3 Å². The largest absolute Gasteiger partial charge is 0.366 e. The van der Waals surface area contributed by atoms with Crippen LogP contribution < -0.4 is 10.6 Å². The molecule has 1 saturated carbocycles. The van der Waals surface area contributed by atoms with Crippen molar-refractivity contribution >= 4 is 44.9 Å². The van der Waals surface area contributed by atoms with Crippen molar-refractivity contribution in [2.75, 3.05) is 5.32 Å². The van der Waals surface area contributed by atoms with Gasteiger partial charge in [-0.3, -0.25) is 4.79 Å². The van der Waals surface area contributed by atoms with Crippen molar-refractivity contribution in [1.82, 2.24) is 19.9 Å². The van der Waals surface area contributed by atoms with Crippen molar-refractivity contribution in [2.45, 2.75) is 25.9 Å². The predicted octanol–water partition coefficient (Wildman–Crippen LogP) is 5.45. The lowest BCUT2D eigenvalue weighted by molar-refractivity contribution is -0.122. The van der Waals surface area contributed by atoms with E-state index in [9.17, 15) is 4.79 Å². The molecule has 5 rings (SSSR count). The van der Waals surface area contributed by atoms with Crippen LogP contribution in [0.1, 0.15) is 24.0 Å². The summed E-state index contributed by atoms with van der Waals surface area (Å²) in [6, 6.07) is 17.8. The van der Waals surface area contributed by atoms with Gasteiger partial charge in [0.1, 0.15) is 5.82 Å². The van der Waals surface area contributed by atoms with Crippen molar-refractivity contribution < 1.29 is 4.79 Å². The summed E-state index contributed by atoms with van der Waals surface area (Å²) in [5, 5.41) is 11.6. The first-order valence-corrected chi connectivity index (χ1v) is 11.6. The second kappa shape index (κ2) is 8.92. The molecule has 1 fully saturated rings. The molecule has 0 atom stereocenters. The number of amides is 1. The maximum atomic E-state index is 11.9. The van der Waals surface area contributed by atoms with Crippen LogP contribution in [0.4, 0.5) is 5.82 Å². The minimum absolute atomic E-state index is 0.157. The molecule has 1 amide bonds. The Hall–Kier alpha value is -2.90. The smallest absolute Gasteiger partial charge is 0.223 e. The third kappa shape index (κ3) is 4.49. The highest BCUT2D eigenvalue weighted by Gasteiger charge is 2.29. The molecule has 0 bridgehead atoms. The summed E-state index contributed by atoms with van der Waals surface area (Å²) in [5.41, 5.74) is 4.53. The van der Waals surface area contributed by atoms with Gasteiger partial charge in [0.05, 0.1) is 16.4 Å². The molecule has 4 aromatic rings. The van der Waals surface area contributed by atoms with Gasteiger partial charge in [-0.05, 0) is 46.0 Å². The number of nitrogens with one attached hydrogen (secondary N) is 2. The molecule has 0 unspecified atom stereocenters. The third-order valence-corrected chi connectivity index (χ3v) is 6.35. The summed E-state index contributed by atoms with van der Waals surface area (Å²) < 4.78 is 2.58. The van der Waals surface area contributed by atoms with E-state index < -0.39 is 0 Å². The highest BCUT2D eigenvalue weighted by Crippen LogP contribution is 2.31. The topological polar surface area (TPSA) is 71.3 Å². The summed E-state index contributed by atoms with van der Waals surface area (Å²) in [6.07, 6.45) is 3.75. The maximum absolute atomic E-state index is 11.9. The lowest BCUT2D eigenvalue weighted by atomic mass is 10.1. The summed E-state index contributed by atoms with van der Waals surface area (Å²) in [7, 11) is 0. The van der Waals surface area contributed by atoms with Gasteiger partial charge in [0, 0.05) is 35.7 Å². The molecule has 0 aliphatic heterocycles. The Morgan fingerprint density at radius 1 is 1.09 bits per heavy atom. The molecule has 1 aliphatic carbocycles. The molecule has 0 saturated heterocycles. The quantitative estimate of drug-likeness (QED) is 0.347. The van der Waals surface area contributed by atoms with Crippen LogP contribution in [0.5, 0.6) is 0 Å². The predicted molar refractivity (Wildman–Crippen MR) is 129 cm³/mol. The Balaban J connectivity index is 1.38. The van der Waals surface area contributed by atoms with Gasteiger partial charge < -0.3 is 10.6 Å². The minimum Gasteiger partial charge on any atom is -0.366 e. The summed E-state index contributed by atoms with van der Waals surface area (Å²) in [4.78, 5) is 16.7. The van der Waals surface area contributed by atoms with E-state index in [4.69, 9.17) is 16.6 Å². The zero-order valence-corrected chi connectivity index (χ0v) is 19.5. The number of carbonyl (C=O) groups excluding carboxylic acids is 1. The van der Waals surface area contributed by atoms with E-state index in [1.807, 2.05) is 42.5 Å². The van der Waals surface area contributed by atoms with Crippen LogP contribution in [0.25, 0.3) is 16.9 Å². The molecule has 6 nitrogen and oxygen atoms in total. The second-order valence-corrected chi connectivity index (χ2v) is 9.16. The molecule has 2 heterocycles. The van der Waals surface area contributed by atoms with Crippen LogP contribution in [0.3, 0.4) is 0 Å². The van der Waals surface area contributed by atoms with Gasteiger partial charge in [0.25, 0.3) is 0 Å². The average Bonchev–Trinajstić information content (AvgIpc) is 3.60. The number of aromatic nitrogens is 3. The van der Waals surface area contributed by atoms with E-state index in [1.54, 1.807) is 10.7 Å². The monoisotopic (exact) mass is 509 g/mol. The Morgan fingerprint density at radius 3 is 2.66 bits per heavy atom. The molecule has 32 heavy (non-hydrogen) atoms. The van der Waals surface area contributed by atoms with E-state index in [2.05, 4.69) is 43.8 Å². The van der Waals surface area contributed by atoms with Crippen molar-refractivity contribution in [1.29, 1.82) is 0 Å². The molecule has 1 aliphatic rings. The molecule has 0 spiro atoms. The van der Waals surface area contributed by atoms with E-state index >= 15 is 0 Å². The number of anilines is 1. The second-order valence-electron chi connectivity index (χ2n) is 7.90. The first kappa shape index (κ1) is 21.0. The van der Waals surface area contributed by atoms with Crippen LogP contribution >= 0.6 is 27.5 Å². The molecule has 2 aromatic heterocycles.